The number of amides is 3. The largest absolute Gasteiger partial charge is 0.373 e. The van der Waals surface area contributed by atoms with Crippen molar-refractivity contribution in [2.75, 3.05) is 51.0 Å². The molecule has 7 nitrogen and oxygen atoms in total. The van der Waals surface area contributed by atoms with Gasteiger partial charge in [0.1, 0.15) is 0 Å². The molecule has 1 unspecified atom stereocenters. The standard InChI is InChI=1S/C21H26N4O3/c1-24(2)14-19-15-25(11-12-28-19)21(27)23-18-10-6-9-17(13-18)22-20(26)16-7-4-3-5-8-16/h3-10,13,19H,11-12,14-15H2,1-2H3,(H,22,26)(H,23,27). The van der Waals surface area contributed by atoms with E-state index in [1.807, 2.05) is 37.2 Å². The number of urea groups is 1. The Bertz CT molecular complexity index is 810. The predicted octanol–water partition coefficient (Wildman–Crippen LogP) is 2.73. The summed E-state index contributed by atoms with van der Waals surface area (Å²) in [4.78, 5) is 28.7. The number of likely N-dealkylation sites (N-methyl/N-ethyl adjacent to an activating group) is 1. The molecule has 3 rings (SSSR count). The van der Waals surface area contributed by atoms with Crippen LogP contribution in [-0.2, 0) is 4.74 Å². The van der Waals surface area contributed by atoms with Gasteiger partial charge in [-0.25, -0.2) is 4.79 Å². The second kappa shape index (κ2) is 9.34. The third-order valence-electron chi connectivity index (χ3n) is 4.40. The number of ether oxygens (including phenoxy) is 1. The van der Waals surface area contributed by atoms with E-state index in [9.17, 15) is 9.59 Å². The lowest BCUT2D eigenvalue weighted by molar-refractivity contribution is -0.0228. The van der Waals surface area contributed by atoms with Crippen molar-refractivity contribution in [3.05, 3.63) is 60.2 Å². The molecule has 1 saturated heterocycles. The van der Waals surface area contributed by atoms with Gasteiger partial charge in [-0.3, -0.25) is 4.79 Å². The fourth-order valence-corrected chi connectivity index (χ4v) is 3.09. The lowest BCUT2D eigenvalue weighted by Crippen LogP contribution is -2.50. The SMILES string of the molecule is CN(C)CC1CN(C(=O)Nc2cccc(NC(=O)c3ccccc3)c2)CCO1. The number of morpholine rings is 1. The van der Waals surface area contributed by atoms with E-state index >= 15 is 0 Å². The molecule has 1 atom stereocenters. The number of carbonyl (C=O) groups is 2. The summed E-state index contributed by atoms with van der Waals surface area (Å²) >= 11 is 0. The first kappa shape index (κ1) is 19.9. The number of carbonyl (C=O) groups excluding carboxylic acids is 2. The topological polar surface area (TPSA) is 73.9 Å². The monoisotopic (exact) mass is 382 g/mol. The molecule has 0 aromatic heterocycles. The first-order valence-corrected chi connectivity index (χ1v) is 9.30. The summed E-state index contributed by atoms with van der Waals surface area (Å²) < 4.78 is 5.71. The van der Waals surface area contributed by atoms with Crippen molar-refractivity contribution < 1.29 is 14.3 Å². The van der Waals surface area contributed by atoms with E-state index in [1.165, 1.54) is 0 Å². The molecule has 2 aromatic rings. The van der Waals surface area contributed by atoms with Crippen LogP contribution >= 0.6 is 0 Å². The van der Waals surface area contributed by atoms with Crippen molar-refractivity contribution in [1.29, 1.82) is 0 Å². The Morgan fingerprint density at radius 1 is 1.07 bits per heavy atom. The normalized spacial score (nSPS) is 16.7. The number of hydrogen-bond acceptors (Lipinski definition) is 4. The Morgan fingerprint density at radius 3 is 2.50 bits per heavy atom. The van der Waals surface area contributed by atoms with E-state index in [-0.39, 0.29) is 18.0 Å². The molecule has 3 amide bonds. The molecule has 28 heavy (non-hydrogen) atoms. The van der Waals surface area contributed by atoms with Gasteiger partial charge in [-0.15, -0.1) is 0 Å². The molecule has 1 aliphatic rings. The van der Waals surface area contributed by atoms with E-state index in [0.717, 1.165) is 6.54 Å². The minimum Gasteiger partial charge on any atom is -0.373 e. The summed E-state index contributed by atoms with van der Waals surface area (Å²) in [5.74, 6) is -0.191. The molecule has 0 radical (unpaired) electrons. The van der Waals surface area contributed by atoms with Crippen LogP contribution in [0, 0.1) is 0 Å². The molecule has 1 aliphatic heterocycles. The molecule has 7 heteroatoms. The van der Waals surface area contributed by atoms with Crippen LogP contribution < -0.4 is 10.6 Å². The third kappa shape index (κ3) is 5.55. The lowest BCUT2D eigenvalue weighted by atomic mass is 10.2. The van der Waals surface area contributed by atoms with Crippen molar-refractivity contribution in [3.63, 3.8) is 0 Å². The Kier molecular flexibility index (Phi) is 6.62. The van der Waals surface area contributed by atoms with Crippen molar-refractivity contribution in [1.82, 2.24) is 9.80 Å². The van der Waals surface area contributed by atoms with E-state index in [2.05, 4.69) is 10.6 Å². The van der Waals surface area contributed by atoms with Gasteiger partial charge in [-0.1, -0.05) is 24.3 Å². The Labute approximate surface area is 165 Å². The van der Waals surface area contributed by atoms with Gasteiger partial charge in [0.15, 0.2) is 0 Å². The van der Waals surface area contributed by atoms with Gasteiger partial charge >= 0.3 is 6.03 Å². The van der Waals surface area contributed by atoms with Crippen LogP contribution in [0.4, 0.5) is 16.2 Å². The van der Waals surface area contributed by atoms with Gasteiger partial charge in [-0.2, -0.15) is 0 Å². The fourth-order valence-electron chi connectivity index (χ4n) is 3.09. The van der Waals surface area contributed by atoms with Crippen LogP contribution in [0.3, 0.4) is 0 Å². The number of rotatable bonds is 5. The van der Waals surface area contributed by atoms with Crippen LogP contribution in [0.1, 0.15) is 10.4 Å². The van der Waals surface area contributed by atoms with Crippen molar-refractivity contribution in [2.24, 2.45) is 0 Å². The maximum absolute atomic E-state index is 12.6. The van der Waals surface area contributed by atoms with Crippen LogP contribution in [0.2, 0.25) is 0 Å². The molecule has 2 aromatic carbocycles. The predicted molar refractivity (Wildman–Crippen MR) is 110 cm³/mol. The number of anilines is 2. The maximum Gasteiger partial charge on any atom is 0.322 e. The minimum atomic E-state index is -0.191. The Morgan fingerprint density at radius 2 is 1.79 bits per heavy atom. The van der Waals surface area contributed by atoms with Gasteiger partial charge in [0.2, 0.25) is 0 Å². The van der Waals surface area contributed by atoms with Crippen molar-refractivity contribution >= 4 is 23.3 Å². The molecule has 0 saturated carbocycles. The second-order valence-corrected chi connectivity index (χ2v) is 7.03. The Balaban J connectivity index is 1.59. The van der Waals surface area contributed by atoms with E-state index in [4.69, 9.17) is 4.74 Å². The van der Waals surface area contributed by atoms with Gasteiger partial charge in [0.25, 0.3) is 5.91 Å². The highest BCUT2D eigenvalue weighted by molar-refractivity contribution is 6.04. The molecule has 0 spiro atoms. The summed E-state index contributed by atoms with van der Waals surface area (Å²) in [6.07, 6.45) is 0.00555. The highest BCUT2D eigenvalue weighted by Crippen LogP contribution is 2.17. The smallest absolute Gasteiger partial charge is 0.322 e. The summed E-state index contributed by atoms with van der Waals surface area (Å²) in [5.41, 5.74) is 1.84. The van der Waals surface area contributed by atoms with E-state index in [0.29, 0.717) is 36.6 Å². The van der Waals surface area contributed by atoms with Gasteiger partial charge in [0.05, 0.1) is 12.7 Å². The molecule has 2 N–H and O–H groups in total. The first-order valence-electron chi connectivity index (χ1n) is 9.30. The number of hydrogen-bond donors (Lipinski definition) is 2. The van der Waals surface area contributed by atoms with Crippen molar-refractivity contribution in [2.45, 2.75) is 6.10 Å². The average Bonchev–Trinajstić information content (AvgIpc) is 2.68. The van der Waals surface area contributed by atoms with Crippen LogP contribution in [0.15, 0.2) is 54.6 Å². The Hall–Kier alpha value is -2.90. The third-order valence-corrected chi connectivity index (χ3v) is 4.40. The zero-order valence-corrected chi connectivity index (χ0v) is 16.2. The average molecular weight is 382 g/mol. The molecule has 1 heterocycles. The number of benzene rings is 2. The van der Waals surface area contributed by atoms with Crippen LogP contribution in [-0.4, -0.2) is 68.2 Å². The summed E-state index contributed by atoms with van der Waals surface area (Å²) in [6, 6.07) is 16.0. The summed E-state index contributed by atoms with van der Waals surface area (Å²) in [7, 11) is 3.97. The summed E-state index contributed by atoms with van der Waals surface area (Å²) in [6.45, 7) is 2.40. The highest BCUT2D eigenvalue weighted by Gasteiger charge is 2.24. The quantitative estimate of drug-likeness (QED) is 0.834. The van der Waals surface area contributed by atoms with Crippen LogP contribution in [0.25, 0.3) is 0 Å². The molecular weight excluding hydrogens is 356 g/mol. The zero-order chi connectivity index (χ0) is 19.9. The molecule has 0 bridgehead atoms. The zero-order valence-electron chi connectivity index (χ0n) is 16.2. The van der Waals surface area contributed by atoms with E-state index in [1.54, 1.807) is 41.3 Å². The summed E-state index contributed by atoms with van der Waals surface area (Å²) in [5, 5.41) is 5.76. The van der Waals surface area contributed by atoms with Crippen LogP contribution in [0.5, 0.6) is 0 Å². The van der Waals surface area contributed by atoms with Gasteiger partial charge < -0.3 is 25.2 Å². The van der Waals surface area contributed by atoms with Crippen molar-refractivity contribution in [3.8, 4) is 0 Å². The van der Waals surface area contributed by atoms with E-state index < -0.39 is 0 Å². The molecular formula is C21H26N4O3. The minimum absolute atomic E-state index is 0.00555. The fraction of sp³-hybridized carbons (Fsp3) is 0.333. The highest BCUT2D eigenvalue weighted by atomic mass is 16.5. The molecule has 148 valence electrons. The second-order valence-electron chi connectivity index (χ2n) is 7.03. The number of nitrogens with zero attached hydrogens (tertiary/aromatic N) is 2. The lowest BCUT2D eigenvalue weighted by Gasteiger charge is -2.34. The van der Waals surface area contributed by atoms with Gasteiger partial charge in [0, 0.05) is 36.6 Å². The maximum atomic E-state index is 12.6. The molecule has 0 aliphatic carbocycles. The molecule has 1 fully saturated rings. The number of nitrogens with one attached hydrogen (secondary N) is 2. The first-order chi connectivity index (χ1) is 13.5. The van der Waals surface area contributed by atoms with Gasteiger partial charge in [-0.05, 0) is 44.4 Å².